The van der Waals surface area contributed by atoms with E-state index in [-0.39, 0.29) is 17.2 Å². The highest BCUT2D eigenvalue weighted by Gasteiger charge is 2.54. The lowest BCUT2D eigenvalue weighted by molar-refractivity contribution is -0.114. The van der Waals surface area contributed by atoms with Gasteiger partial charge in [-0.2, -0.15) is 0 Å². The Morgan fingerprint density at radius 3 is 2.83 bits per heavy atom. The molecule has 1 aromatic heterocycles. The third kappa shape index (κ3) is 5.83. The van der Waals surface area contributed by atoms with Gasteiger partial charge >= 0.3 is 0 Å². The third-order valence-electron chi connectivity index (χ3n) is 8.19. The Morgan fingerprint density at radius 1 is 1.23 bits per heavy atom. The van der Waals surface area contributed by atoms with Gasteiger partial charge in [-0.1, -0.05) is 17.7 Å². The Kier molecular flexibility index (Phi) is 7.98. The Labute approximate surface area is 237 Å². The van der Waals surface area contributed by atoms with Crippen molar-refractivity contribution < 1.29 is 23.4 Å². The summed E-state index contributed by atoms with van der Waals surface area (Å²) in [5.74, 6) is 2.29. The van der Waals surface area contributed by atoms with Crippen LogP contribution in [0.3, 0.4) is 0 Å². The minimum atomic E-state index is -0.495. The van der Waals surface area contributed by atoms with Crippen LogP contribution in [-0.4, -0.2) is 73.3 Å². The van der Waals surface area contributed by atoms with Crippen LogP contribution < -0.4 is 10.1 Å². The Morgan fingerprint density at radius 2 is 2.08 bits per heavy atom. The zero-order valence-electron chi connectivity index (χ0n) is 22.3. The maximum Gasteiger partial charge on any atom is 0.159 e. The highest BCUT2D eigenvalue weighted by atomic mass is 35.5. The molecule has 3 fully saturated rings. The van der Waals surface area contributed by atoms with E-state index in [4.69, 9.17) is 25.8 Å². The molecule has 1 saturated carbocycles. The summed E-state index contributed by atoms with van der Waals surface area (Å²) in [6.45, 7) is 4.61. The number of allylic oxidation sites excluding steroid dienone is 1. The molecule has 3 aliphatic rings. The van der Waals surface area contributed by atoms with E-state index in [1.807, 2.05) is 18.2 Å². The van der Waals surface area contributed by atoms with Gasteiger partial charge in [-0.15, -0.1) is 0 Å². The maximum atomic E-state index is 13.7. The molecule has 2 aromatic carbocycles. The normalized spacial score (nSPS) is 23.8. The predicted molar refractivity (Wildman–Crippen MR) is 151 cm³/mol. The fourth-order valence-electron chi connectivity index (χ4n) is 5.69. The third-order valence-corrected chi connectivity index (χ3v) is 8.48. The second-order valence-electron chi connectivity index (χ2n) is 10.7. The number of methoxy groups -OCH3 is 1. The van der Waals surface area contributed by atoms with E-state index < -0.39 is 5.82 Å². The standard InChI is InChI=1S/C30H32ClFN4O4/c1-38-13-20-6-8-36(20)7-2-3-21(37)9-18-10-22-28(12-29(18)40-16-25-23-14-39-15-24(23)25)33-17-34-30(22)35-19-4-5-27(32)26(31)11-19/h2-5,10-12,17,20,23-25H,6-9,13-16H2,1H3,(H,33,34,35)/b3-2+/t20-,23-,24+,25?/m0/s1. The Hall–Kier alpha value is -3.11. The average molecular weight is 567 g/mol. The molecular weight excluding hydrogens is 535 g/mol. The zero-order chi connectivity index (χ0) is 27.6. The van der Waals surface area contributed by atoms with E-state index in [2.05, 4.69) is 20.2 Å². The molecule has 6 rings (SSSR count). The number of likely N-dealkylation sites (tertiary alicyclic amines) is 1. The monoisotopic (exact) mass is 566 g/mol. The largest absolute Gasteiger partial charge is 0.493 e. The van der Waals surface area contributed by atoms with Crippen LogP contribution in [-0.2, 0) is 20.7 Å². The lowest BCUT2D eigenvalue weighted by Gasteiger charge is -2.39. The van der Waals surface area contributed by atoms with Crippen molar-refractivity contribution in [2.75, 3.05) is 51.9 Å². The number of aromatic nitrogens is 2. The fourth-order valence-corrected chi connectivity index (χ4v) is 5.87. The molecule has 210 valence electrons. The number of halogens is 2. The van der Waals surface area contributed by atoms with E-state index in [1.54, 1.807) is 19.3 Å². The molecule has 0 bridgehead atoms. The summed E-state index contributed by atoms with van der Waals surface area (Å²) in [6.07, 6.45) is 6.33. The van der Waals surface area contributed by atoms with Crippen LogP contribution in [0.5, 0.6) is 5.75 Å². The van der Waals surface area contributed by atoms with Crippen molar-refractivity contribution in [1.82, 2.24) is 14.9 Å². The topological polar surface area (TPSA) is 85.8 Å². The molecule has 2 saturated heterocycles. The smallest absolute Gasteiger partial charge is 0.159 e. The molecular formula is C30H32ClFN4O4. The summed E-state index contributed by atoms with van der Waals surface area (Å²) >= 11 is 5.97. The number of carbonyl (C=O) groups is 1. The molecule has 1 unspecified atom stereocenters. The summed E-state index contributed by atoms with van der Waals surface area (Å²) in [5, 5.41) is 3.94. The fraction of sp³-hybridized carbons (Fsp3) is 0.433. The van der Waals surface area contributed by atoms with Crippen LogP contribution >= 0.6 is 11.6 Å². The molecule has 1 N–H and O–H groups in total. The number of nitrogens with one attached hydrogen (secondary N) is 1. The minimum absolute atomic E-state index is 0.0126. The molecule has 0 spiro atoms. The van der Waals surface area contributed by atoms with Crippen molar-refractivity contribution in [3.8, 4) is 5.75 Å². The van der Waals surface area contributed by atoms with Crippen molar-refractivity contribution in [1.29, 1.82) is 0 Å². The van der Waals surface area contributed by atoms with E-state index in [0.717, 1.165) is 43.7 Å². The lowest BCUT2D eigenvalue weighted by atomic mass is 10.0. The molecule has 2 aliphatic heterocycles. The first-order valence-electron chi connectivity index (χ1n) is 13.6. The number of ether oxygens (including phenoxy) is 3. The number of hydrogen-bond donors (Lipinski definition) is 1. The van der Waals surface area contributed by atoms with Crippen molar-refractivity contribution in [2.24, 2.45) is 17.8 Å². The molecule has 1 aliphatic carbocycles. The number of benzene rings is 2. The predicted octanol–water partition coefficient (Wildman–Crippen LogP) is 4.83. The van der Waals surface area contributed by atoms with Gasteiger partial charge in [0.05, 0.1) is 37.0 Å². The summed E-state index contributed by atoms with van der Waals surface area (Å²) in [5.41, 5.74) is 2.03. The maximum absolute atomic E-state index is 13.7. The molecule has 10 heteroatoms. The zero-order valence-corrected chi connectivity index (χ0v) is 23.1. The highest BCUT2D eigenvalue weighted by Crippen LogP contribution is 2.50. The number of rotatable bonds is 12. The number of ketones is 1. The number of fused-ring (bicyclic) bond motifs is 2. The van der Waals surface area contributed by atoms with Crippen LogP contribution in [0.25, 0.3) is 10.9 Å². The van der Waals surface area contributed by atoms with Crippen LogP contribution in [0.1, 0.15) is 12.0 Å². The molecule has 3 aromatic rings. The second kappa shape index (κ2) is 11.8. The van der Waals surface area contributed by atoms with Crippen LogP contribution in [0.4, 0.5) is 15.9 Å². The van der Waals surface area contributed by atoms with Crippen molar-refractivity contribution >= 4 is 39.8 Å². The first kappa shape index (κ1) is 27.1. The first-order chi connectivity index (χ1) is 19.5. The van der Waals surface area contributed by atoms with Gasteiger partial charge in [-0.05, 0) is 48.6 Å². The van der Waals surface area contributed by atoms with Gasteiger partial charge in [0.2, 0.25) is 0 Å². The SMILES string of the molecule is COC[C@@H]1CCN1C/C=C/C(=O)Cc1cc2c(Nc3ccc(F)c(Cl)c3)ncnc2cc1OCC1[C@H]2COC[C@@H]12. The number of nitrogens with zero attached hydrogens (tertiary/aromatic N) is 3. The van der Waals surface area contributed by atoms with Gasteiger partial charge in [0.1, 0.15) is 23.7 Å². The van der Waals surface area contributed by atoms with Gasteiger partial charge in [0.25, 0.3) is 0 Å². The van der Waals surface area contributed by atoms with Gasteiger partial charge in [-0.3, -0.25) is 9.69 Å². The number of anilines is 2. The second-order valence-corrected chi connectivity index (χ2v) is 11.1. The van der Waals surface area contributed by atoms with Crippen molar-refractivity contribution in [2.45, 2.75) is 18.9 Å². The molecule has 8 nitrogen and oxygen atoms in total. The average Bonchev–Trinajstić information content (AvgIpc) is 3.35. The van der Waals surface area contributed by atoms with Crippen molar-refractivity contribution in [3.63, 3.8) is 0 Å². The number of carbonyl (C=O) groups excluding carboxylic acids is 1. The van der Waals surface area contributed by atoms with Gasteiger partial charge in [0.15, 0.2) is 5.78 Å². The summed E-state index contributed by atoms with van der Waals surface area (Å²) in [6, 6.07) is 8.59. The van der Waals surface area contributed by atoms with Gasteiger partial charge in [0, 0.05) is 61.3 Å². The molecule has 40 heavy (non-hydrogen) atoms. The molecule has 4 atom stereocenters. The van der Waals surface area contributed by atoms with E-state index in [1.165, 1.54) is 18.5 Å². The highest BCUT2D eigenvalue weighted by molar-refractivity contribution is 6.31. The van der Waals surface area contributed by atoms with Gasteiger partial charge in [-0.25, -0.2) is 14.4 Å². The molecule has 0 amide bonds. The van der Waals surface area contributed by atoms with Crippen LogP contribution in [0, 0.1) is 23.6 Å². The summed E-state index contributed by atoms with van der Waals surface area (Å²) in [7, 11) is 1.71. The van der Waals surface area contributed by atoms with Crippen LogP contribution in [0.15, 0.2) is 48.8 Å². The van der Waals surface area contributed by atoms with E-state index >= 15 is 0 Å². The Bertz CT molecular complexity index is 1430. The quantitative estimate of drug-likeness (QED) is 0.312. The first-order valence-corrected chi connectivity index (χ1v) is 14.0. The Balaban J connectivity index is 1.22. The van der Waals surface area contributed by atoms with Gasteiger partial charge < -0.3 is 19.5 Å². The van der Waals surface area contributed by atoms with Crippen LogP contribution in [0.2, 0.25) is 5.02 Å². The van der Waals surface area contributed by atoms with E-state index in [9.17, 15) is 9.18 Å². The minimum Gasteiger partial charge on any atom is -0.493 e. The van der Waals surface area contributed by atoms with E-state index in [0.29, 0.717) is 59.8 Å². The number of hydrogen-bond acceptors (Lipinski definition) is 8. The summed E-state index contributed by atoms with van der Waals surface area (Å²) < 4.78 is 30.8. The van der Waals surface area contributed by atoms with Crippen molar-refractivity contribution in [3.05, 3.63) is 65.2 Å². The molecule has 3 heterocycles. The summed E-state index contributed by atoms with van der Waals surface area (Å²) in [4.78, 5) is 24.2. The lowest BCUT2D eigenvalue weighted by Crippen LogP contribution is -2.49. The molecule has 0 radical (unpaired) electrons.